The highest BCUT2D eigenvalue weighted by Gasteiger charge is 1.99. The number of anilines is 2. The monoisotopic (exact) mass is 194 g/mol. The highest BCUT2D eigenvalue weighted by atomic mass is 16.4. The first-order valence-electron chi connectivity index (χ1n) is 3.95. The molecule has 0 saturated carbocycles. The summed E-state index contributed by atoms with van der Waals surface area (Å²) < 4.78 is 0. The van der Waals surface area contributed by atoms with E-state index in [-0.39, 0.29) is 5.91 Å². The average molecular weight is 194 g/mol. The third-order valence-corrected chi connectivity index (χ3v) is 1.43. The molecule has 5 nitrogen and oxygen atoms in total. The van der Waals surface area contributed by atoms with Crippen LogP contribution in [0, 0.1) is 0 Å². The molecule has 0 atom stereocenters. The van der Waals surface area contributed by atoms with E-state index in [9.17, 15) is 9.59 Å². The smallest absolute Gasteiger partial charge is 0.409 e. The quantitative estimate of drug-likeness (QED) is 0.670. The molecule has 5 heteroatoms. The van der Waals surface area contributed by atoms with Crippen LogP contribution in [0.1, 0.15) is 6.92 Å². The van der Waals surface area contributed by atoms with Crippen molar-refractivity contribution in [2.45, 2.75) is 6.92 Å². The van der Waals surface area contributed by atoms with Gasteiger partial charge in [0.05, 0.1) is 0 Å². The Hall–Kier alpha value is -2.04. The number of nitrogens with one attached hydrogen (secondary N) is 2. The summed E-state index contributed by atoms with van der Waals surface area (Å²) in [7, 11) is 0. The van der Waals surface area contributed by atoms with E-state index in [2.05, 4.69) is 10.6 Å². The van der Waals surface area contributed by atoms with Gasteiger partial charge in [0, 0.05) is 18.3 Å². The van der Waals surface area contributed by atoms with Gasteiger partial charge in [0.2, 0.25) is 5.91 Å². The first kappa shape index (κ1) is 10.0. The second kappa shape index (κ2) is 4.27. The van der Waals surface area contributed by atoms with Crippen LogP contribution >= 0.6 is 0 Å². The molecule has 0 heterocycles. The summed E-state index contributed by atoms with van der Waals surface area (Å²) >= 11 is 0. The summed E-state index contributed by atoms with van der Waals surface area (Å²) in [6.07, 6.45) is -1.13. The number of hydrogen-bond donors (Lipinski definition) is 3. The molecular weight excluding hydrogens is 184 g/mol. The van der Waals surface area contributed by atoms with Crippen LogP contribution in [0.3, 0.4) is 0 Å². The van der Waals surface area contributed by atoms with Crippen LogP contribution in [0.5, 0.6) is 0 Å². The van der Waals surface area contributed by atoms with Crippen LogP contribution in [-0.2, 0) is 4.79 Å². The molecule has 0 aliphatic heterocycles. The number of hydrogen-bond acceptors (Lipinski definition) is 2. The van der Waals surface area contributed by atoms with Crippen LogP contribution in [0.15, 0.2) is 24.3 Å². The van der Waals surface area contributed by atoms with Gasteiger partial charge in [-0.2, -0.15) is 0 Å². The van der Waals surface area contributed by atoms with Gasteiger partial charge < -0.3 is 10.4 Å². The maximum atomic E-state index is 10.7. The number of carbonyl (C=O) groups is 2. The largest absolute Gasteiger partial charge is 0.465 e. The molecule has 0 spiro atoms. The summed E-state index contributed by atoms with van der Waals surface area (Å²) in [5, 5.41) is 13.2. The SMILES string of the molecule is CC(=O)Nc1cccc(NC(=O)O)c1. The Morgan fingerprint density at radius 1 is 1.21 bits per heavy atom. The Bertz CT molecular complexity index is 332. The summed E-state index contributed by atoms with van der Waals surface area (Å²) in [6, 6.07) is 6.46. The number of benzene rings is 1. The van der Waals surface area contributed by atoms with Gasteiger partial charge in [0.1, 0.15) is 0 Å². The van der Waals surface area contributed by atoms with Crippen molar-refractivity contribution in [3.8, 4) is 0 Å². The molecule has 2 amide bonds. The lowest BCUT2D eigenvalue weighted by Gasteiger charge is -2.04. The molecule has 74 valence electrons. The maximum Gasteiger partial charge on any atom is 0.409 e. The second-order valence-electron chi connectivity index (χ2n) is 2.69. The first-order chi connectivity index (χ1) is 6.58. The molecule has 0 aliphatic carbocycles. The summed E-state index contributed by atoms with van der Waals surface area (Å²) in [4.78, 5) is 21.0. The predicted octanol–water partition coefficient (Wildman–Crippen LogP) is 1.73. The van der Waals surface area contributed by atoms with Crippen molar-refractivity contribution in [2.75, 3.05) is 10.6 Å². The molecule has 0 aromatic heterocycles. The molecule has 0 saturated heterocycles. The van der Waals surface area contributed by atoms with Crippen LogP contribution in [0.25, 0.3) is 0 Å². The molecule has 0 aliphatic rings. The zero-order chi connectivity index (χ0) is 10.6. The van der Waals surface area contributed by atoms with Gasteiger partial charge in [0.15, 0.2) is 0 Å². The van der Waals surface area contributed by atoms with E-state index in [0.717, 1.165) is 0 Å². The van der Waals surface area contributed by atoms with Crippen LogP contribution in [0.2, 0.25) is 0 Å². The van der Waals surface area contributed by atoms with Gasteiger partial charge in [-0.1, -0.05) is 6.07 Å². The Morgan fingerprint density at radius 2 is 1.79 bits per heavy atom. The van der Waals surface area contributed by atoms with E-state index in [1.54, 1.807) is 18.2 Å². The lowest BCUT2D eigenvalue weighted by Crippen LogP contribution is -2.09. The van der Waals surface area contributed by atoms with Gasteiger partial charge in [0.25, 0.3) is 0 Å². The minimum absolute atomic E-state index is 0.197. The summed E-state index contributed by atoms with van der Waals surface area (Å²) in [5.74, 6) is -0.197. The first-order valence-corrected chi connectivity index (χ1v) is 3.95. The summed E-state index contributed by atoms with van der Waals surface area (Å²) in [6.45, 7) is 1.39. The molecule has 0 unspecified atom stereocenters. The lowest BCUT2D eigenvalue weighted by atomic mass is 10.3. The van der Waals surface area contributed by atoms with Gasteiger partial charge in [-0.15, -0.1) is 0 Å². The Morgan fingerprint density at radius 3 is 2.29 bits per heavy atom. The maximum absolute atomic E-state index is 10.7. The third kappa shape index (κ3) is 3.14. The van der Waals surface area contributed by atoms with Crippen LogP contribution in [-0.4, -0.2) is 17.1 Å². The average Bonchev–Trinajstić information content (AvgIpc) is 2.01. The van der Waals surface area contributed by atoms with Gasteiger partial charge >= 0.3 is 6.09 Å². The van der Waals surface area contributed by atoms with E-state index in [1.807, 2.05) is 0 Å². The number of rotatable bonds is 2. The molecule has 14 heavy (non-hydrogen) atoms. The molecule has 0 radical (unpaired) electrons. The van der Waals surface area contributed by atoms with Gasteiger partial charge in [-0.05, 0) is 18.2 Å². The highest BCUT2D eigenvalue weighted by Crippen LogP contribution is 2.14. The minimum atomic E-state index is -1.13. The van der Waals surface area contributed by atoms with E-state index in [4.69, 9.17) is 5.11 Å². The zero-order valence-electron chi connectivity index (χ0n) is 7.57. The Balaban J connectivity index is 2.78. The van der Waals surface area contributed by atoms with Crippen LogP contribution < -0.4 is 10.6 Å². The highest BCUT2D eigenvalue weighted by molar-refractivity contribution is 5.90. The van der Waals surface area contributed by atoms with E-state index in [1.165, 1.54) is 13.0 Å². The van der Waals surface area contributed by atoms with Crippen molar-refractivity contribution in [2.24, 2.45) is 0 Å². The Labute approximate surface area is 80.7 Å². The summed E-state index contributed by atoms with van der Waals surface area (Å²) in [5.41, 5.74) is 0.979. The molecule has 0 fully saturated rings. The van der Waals surface area contributed by atoms with E-state index >= 15 is 0 Å². The fraction of sp³-hybridized carbons (Fsp3) is 0.111. The molecule has 3 N–H and O–H groups in total. The van der Waals surface area contributed by atoms with Crippen molar-refractivity contribution in [3.63, 3.8) is 0 Å². The topological polar surface area (TPSA) is 78.4 Å². The van der Waals surface area contributed by atoms with E-state index in [0.29, 0.717) is 11.4 Å². The molecule has 1 aromatic rings. The molecular formula is C9H10N2O3. The molecule has 1 rings (SSSR count). The zero-order valence-corrected chi connectivity index (χ0v) is 7.57. The fourth-order valence-corrected chi connectivity index (χ4v) is 1.00. The second-order valence-corrected chi connectivity index (χ2v) is 2.69. The number of carboxylic acid groups (broad SMARTS) is 1. The third-order valence-electron chi connectivity index (χ3n) is 1.43. The van der Waals surface area contributed by atoms with Crippen LogP contribution in [0.4, 0.5) is 16.2 Å². The minimum Gasteiger partial charge on any atom is -0.465 e. The Kier molecular flexibility index (Phi) is 3.06. The predicted molar refractivity (Wildman–Crippen MR) is 52.4 cm³/mol. The normalized spacial score (nSPS) is 9.21. The van der Waals surface area contributed by atoms with E-state index < -0.39 is 6.09 Å². The van der Waals surface area contributed by atoms with Crippen molar-refractivity contribution in [1.29, 1.82) is 0 Å². The molecule has 0 bridgehead atoms. The molecule has 1 aromatic carbocycles. The number of amides is 2. The fourth-order valence-electron chi connectivity index (χ4n) is 1.00. The van der Waals surface area contributed by atoms with Gasteiger partial charge in [-0.25, -0.2) is 4.79 Å². The van der Waals surface area contributed by atoms with Crippen molar-refractivity contribution < 1.29 is 14.7 Å². The van der Waals surface area contributed by atoms with Crippen molar-refractivity contribution >= 4 is 23.4 Å². The standard InChI is InChI=1S/C9H10N2O3/c1-6(12)10-7-3-2-4-8(5-7)11-9(13)14/h2-5,11H,1H3,(H,10,12)(H,13,14). The lowest BCUT2D eigenvalue weighted by molar-refractivity contribution is -0.114. The number of carbonyl (C=O) groups excluding carboxylic acids is 1. The van der Waals surface area contributed by atoms with Gasteiger partial charge in [-0.3, -0.25) is 10.1 Å². The van der Waals surface area contributed by atoms with Crippen molar-refractivity contribution in [3.05, 3.63) is 24.3 Å². The van der Waals surface area contributed by atoms with Crippen molar-refractivity contribution in [1.82, 2.24) is 0 Å².